The number of ether oxygens (including phenoxy) is 1. The number of Topliss-reactive ketones (excluding diaryl/α,β-unsaturated/α-hetero) is 1. The Bertz CT molecular complexity index is 1780. The van der Waals surface area contributed by atoms with E-state index in [4.69, 9.17) is 4.74 Å². The molecule has 0 aliphatic heterocycles. The van der Waals surface area contributed by atoms with E-state index in [9.17, 15) is 9.18 Å². The molecule has 0 saturated heterocycles. The average molecular weight is 595 g/mol. The van der Waals surface area contributed by atoms with E-state index in [1.165, 1.54) is 43.5 Å². The van der Waals surface area contributed by atoms with Gasteiger partial charge in [0.05, 0.1) is 17.0 Å². The number of halogens is 1. The summed E-state index contributed by atoms with van der Waals surface area (Å²) in [5.41, 5.74) is 3.68. The van der Waals surface area contributed by atoms with Gasteiger partial charge in [-0.15, -0.1) is 10.2 Å². The summed E-state index contributed by atoms with van der Waals surface area (Å²) in [6.45, 7) is 2.35. The van der Waals surface area contributed by atoms with Crippen molar-refractivity contribution >= 4 is 28.4 Å². The molecule has 0 spiro atoms. The summed E-state index contributed by atoms with van der Waals surface area (Å²) >= 11 is 1.43. The van der Waals surface area contributed by atoms with Crippen molar-refractivity contribution < 1.29 is 13.9 Å². The maximum Gasteiger partial charge on any atom is 0.192 e. The minimum atomic E-state index is -0.404. The van der Waals surface area contributed by atoms with Gasteiger partial charge in [-0.05, 0) is 67.7 Å². The van der Waals surface area contributed by atoms with Crippen LogP contribution in [0.5, 0.6) is 5.75 Å². The third-order valence-electron chi connectivity index (χ3n) is 9.51. The lowest BCUT2D eigenvalue weighted by atomic mass is 9.84. The number of ketones is 1. The Balaban J connectivity index is 1.19. The quantitative estimate of drug-likeness (QED) is 0.121. The Kier molecular flexibility index (Phi) is 7.55. The van der Waals surface area contributed by atoms with Crippen LogP contribution in [0.2, 0.25) is 0 Å². The fourth-order valence-electron chi connectivity index (χ4n) is 7.51. The Morgan fingerprint density at radius 1 is 1.00 bits per heavy atom. The molecule has 6 nitrogen and oxygen atoms in total. The molecule has 2 aliphatic carbocycles. The smallest absolute Gasteiger partial charge is 0.192 e. The predicted octanol–water partition coefficient (Wildman–Crippen LogP) is 8.13. The van der Waals surface area contributed by atoms with E-state index in [2.05, 4.69) is 32.3 Å². The molecule has 2 bridgehead atoms. The first kappa shape index (κ1) is 27.9. The Morgan fingerprint density at radius 3 is 2.53 bits per heavy atom. The van der Waals surface area contributed by atoms with Gasteiger partial charge in [0.15, 0.2) is 28.3 Å². The van der Waals surface area contributed by atoms with Crippen LogP contribution in [0.1, 0.15) is 54.8 Å². The van der Waals surface area contributed by atoms with E-state index in [1.54, 1.807) is 18.2 Å². The van der Waals surface area contributed by atoms with Crippen LogP contribution in [0.3, 0.4) is 0 Å². The van der Waals surface area contributed by atoms with E-state index in [-0.39, 0.29) is 29.9 Å². The van der Waals surface area contributed by atoms with Crippen LogP contribution >= 0.6 is 11.8 Å². The topological polar surface area (TPSA) is 61.9 Å². The molecule has 3 aromatic carbocycles. The summed E-state index contributed by atoms with van der Waals surface area (Å²) < 4.78 is 24.5. The fourth-order valence-corrected chi connectivity index (χ4v) is 8.42. The van der Waals surface area contributed by atoms with Crippen LogP contribution in [0.15, 0.2) is 84.0 Å². The van der Waals surface area contributed by atoms with E-state index in [0.717, 1.165) is 33.6 Å². The molecule has 2 heterocycles. The lowest BCUT2D eigenvalue weighted by Crippen LogP contribution is -2.24. The van der Waals surface area contributed by atoms with E-state index in [1.807, 2.05) is 55.6 Å². The zero-order valence-electron chi connectivity index (χ0n) is 24.4. The molecule has 0 unspecified atom stereocenters. The summed E-state index contributed by atoms with van der Waals surface area (Å²) in [5.74, 6) is 2.75. The summed E-state index contributed by atoms with van der Waals surface area (Å²) in [5, 5.41) is 10.7. The monoisotopic (exact) mass is 594 g/mol. The molecule has 220 valence electrons. The van der Waals surface area contributed by atoms with Crippen molar-refractivity contribution in [2.75, 3.05) is 5.75 Å². The molecule has 2 aromatic heterocycles. The van der Waals surface area contributed by atoms with Gasteiger partial charge in [-0.25, -0.2) is 4.39 Å². The van der Waals surface area contributed by atoms with Crippen LogP contribution in [-0.4, -0.2) is 30.9 Å². The number of rotatable bonds is 10. The Hall–Kier alpha value is -3.91. The number of fused-ring (bicyclic) bond motifs is 3. The molecule has 8 heteroatoms. The number of carbonyl (C=O) groups excluding carboxylic acids is 1. The van der Waals surface area contributed by atoms with Crippen molar-refractivity contribution in [3.63, 3.8) is 0 Å². The highest BCUT2D eigenvalue weighted by Gasteiger charge is 2.43. The summed E-state index contributed by atoms with van der Waals surface area (Å²) in [4.78, 5) is 14.1. The SMILES string of the molecule is C[C@H]([C@H]1C[C@@H]2CC[C@@H]1C2)n1c(COc2ccccc2F)nnc1SCC(=O)c1c(-c2ccccc2)n(C)c2ccccc12. The number of aromatic nitrogens is 4. The minimum absolute atomic E-state index is 0.0481. The molecule has 0 N–H and O–H groups in total. The molecule has 7 rings (SSSR count). The number of carbonyl (C=O) groups is 1. The van der Waals surface area contributed by atoms with Crippen LogP contribution < -0.4 is 4.74 Å². The van der Waals surface area contributed by atoms with Gasteiger partial charge in [0, 0.05) is 24.0 Å². The highest BCUT2D eigenvalue weighted by molar-refractivity contribution is 7.99. The van der Waals surface area contributed by atoms with Gasteiger partial charge in [-0.3, -0.25) is 9.36 Å². The highest BCUT2D eigenvalue weighted by atomic mass is 32.2. The molecule has 4 atom stereocenters. The molecule has 2 saturated carbocycles. The zero-order valence-corrected chi connectivity index (χ0v) is 25.3. The van der Waals surface area contributed by atoms with Gasteiger partial charge in [0.25, 0.3) is 0 Å². The van der Waals surface area contributed by atoms with E-state index >= 15 is 0 Å². The lowest BCUT2D eigenvalue weighted by molar-refractivity contribution is 0.102. The van der Waals surface area contributed by atoms with Gasteiger partial charge >= 0.3 is 0 Å². The minimum Gasteiger partial charge on any atom is -0.483 e. The molecule has 0 radical (unpaired) electrons. The number of nitrogens with zero attached hydrogens (tertiary/aromatic N) is 4. The van der Waals surface area contributed by atoms with Gasteiger partial charge < -0.3 is 9.30 Å². The predicted molar refractivity (Wildman–Crippen MR) is 168 cm³/mol. The number of benzene rings is 3. The molecular weight excluding hydrogens is 559 g/mol. The number of hydrogen-bond donors (Lipinski definition) is 0. The summed E-state index contributed by atoms with van der Waals surface area (Å²) in [6.07, 6.45) is 5.09. The standard InChI is InChI=1S/C35H35FN4O2S/c1-22(27-19-23-16-17-25(27)18-23)40-32(20-42-31-15-9-7-13-28(31)36)37-38-35(40)43-21-30(41)33-26-12-6-8-14-29(26)39(2)34(33)24-10-4-3-5-11-24/h3-15,22-23,25,27H,16-21H2,1-2H3/t22-,23-,25-,27-/m1/s1. The van der Waals surface area contributed by atoms with E-state index in [0.29, 0.717) is 22.8 Å². The van der Waals surface area contributed by atoms with Crippen LogP contribution in [0, 0.1) is 23.6 Å². The maximum atomic E-state index is 14.3. The summed E-state index contributed by atoms with van der Waals surface area (Å²) in [6, 6.07) is 24.7. The first-order valence-corrected chi connectivity index (χ1v) is 16.1. The molecule has 5 aromatic rings. The lowest BCUT2D eigenvalue weighted by Gasteiger charge is -2.30. The van der Waals surface area contributed by atoms with Crippen molar-refractivity contribution in [3.8, 4) is 17.0 Å². The number of para-hydroxylation sites is 2. The third kappa shape index (κ3) is 5.16. The van der Waals surface area contributed by atoms with Crippen molar-refractivity contribution in [1.82, 2.24) is 19.3 Å². The van der Waals surface area contributed by atoms with Crippen molar-refractivity contribution in [1.29, 1.82) is 0 Å². The van der Waals surface area contributed by atoms with Crippen molar-refractivity contribution in [3.05, 3.63) is 96.1 Å². The Morgan fingerprint density at radius 2 is 1.77 bits per heavy atom. The molecule has 2 fully saturated rings. The number of hydrogen-bond acceptors (Lipinski definition) is 5. The second-order valence-corrected chi connectivity index (χ2v) is 12.9. The van der Waals surface area contributed by atoms with Crippen LogP contribution in [0.25, 0.3) is 22.2 Å². The van der Waals surface area contributed by atoms with E-state index < -0.39 is 5.82 Å². The van der Waals surface area contributed by atoms with Crippen LogP contribution in [0.4, 0.5) is 4.39 Å². The van der Waals surface area contributed by atoms with Gasteiger partial charge in [-0.2, -0.15) is 0 Å². The largest absolute Gasteiger partial charge is 0.483 e. The maximum absolute atomic E-state index is 14.3. The third-order valence-corrected chi connectivity index (χ3v) is 10.5. The molecule has 0 amide bonds. The first-order chi connectivity index (χ1) is 21.0. The van der Waals surface area contributed by atoms with Crippen molar-refractivity contribution in [2.45, 2.75) is 50.4 Å². The number of thioether (sulfide) groups is 1. The van der Waals surface area contributed by atoms with Gasteiger partial charge in [-0.1, -0.05) is 78.8 Å². The molecule has 2 aliphatic rings. The van der Waals surface area contributed by atoms with Gasteiger partial charge in [0.2, 0.25) is 0 Å². The highest BCUT2D eigenvalue weighted by Crippen LogP contribution is 2.52. The van der Waals surface area contributed by atoms with Crippen molar-refractivity contribution in [2.24, 2.45) is 24.8 Å². The zero-order chi connectivity index (χ0) is 29.5. The second kappa shape index (κ2) is 11.6. The molecular formula is C35H35FN4O2S. The van der Waals surface area contributed by atoms with Gasteiger partial charge in [0.1, 0.15) is 6.61 Å². The summed E-state index contributed by atoms with van der Waals surface area (Å²) in [7, 11) is 2.02. The first-order valence-electron chi connectivity index (χ1n) is 15.1. The molecule has 43 heavy (non-hydrogen) atoms. The van der Waals surface area contributed by atoms with Crippen LogP contribution in [-0.2, 0) is 13.7 Å². The second-order valence-electron chi connectivity index (χ2n) is 11.9. The average Bonchev–Trinajstić information content (AvgIpc) is 3.83. The Labute approximate surface area is 255 Å². The fraction of sp³-hybridized carbons (Fsp3) is 0.343. The normalized spacial score (nSPS) is 20.1. The number of aryl methyl sites for hydroxylation is 1.